The van der Waals surface area contributed by atoms with Crippen molar-refractivity contribution in [1.29, 1.82) is 5.26 Å². The van der Waals surface area contributed by atoms with Gasteiger partial charge in [-0.2, -0.15) is 10.4 Å². The molecular weight excluding hydrogens is 576 g/mol. The number of nitrogens with two attached hydrogens (primary N) is 1. The molecule has 1 aliphatic carbocycles. The van der Waals surface area contributed by atoms with E-state index in [0.717, 1.165) is 65.6 Å². The molecule has 3 aliphatic rings. The van der Waals surface area contributed by atoms with Crippen molar-refractivity contribution < 1.29 is 18.5 Å². The van der Waals surface area contributed by atoms with E-state index in [9.17, 15) is 19.1 Å². The van der Waals surface area contributed by atoms with Gasteiger partial charge in [-0.05, 0) is 92.7 Å². The van der Waals surface area contributed by atoms with Crippen molar-refractivity contribution in [3.63, 3.8) is 0 Å². The summed E-state index contributed by atoms with van der Waals surface area (Å²) >= 11 is 0. The number of nitriles is 1. The molecule has 1 aromatic heterocycles. The molecule has 2 aromatic carbocycles. The molecule has 2 aliphatic heterocycles. The number of piperidine rings is 2. The van der Waals surface area contributed by atoms with Crippen LogP contribution in [-0.4, -0.2) is 62.0 Å². The van der Waals surface area contributed by atoms with Crippen LogP contribution in [0.4, 0.5) is 0 Å². The number of aromatic nitrogens is 2. The minimum absolute atomic E-state index is 0.172. The maximum absolute atomic E-state index is 13.2. The van der Waals surface area contributed by atoms with Gasteiger partial charge in [-0.25, -0.2) is 8.51 Å². The standard InChI is InChI=1S/C33H40N6O4S/c1-38-30-19-22(5-9-28(30)32(37-38)29-10-11-31(40)36-33(29)41)21-2-6-26(7-3-21)43-17-14-23-18-27(8-4-24(23)20-34)44(42)39-15-12-25(35)13-16-39/h4-5,8-9,18-19,21,25-26,29H,2-3,6-7,10-17,35H2,1H3,(H,36,40,41). The Morgan fingerprint density at radius 3 is 2.57 bits per heavy atom. The highest BCUT2D eigenvalue weighted by Crippen LogP contribution is 2.37. The molecular formula is C33H40N6O4S. The zero-order valence-corrected chi connectivity index (χ0v) is 26.0. The lowest BCUT2D eigenvalue weighted by molar-refractivity contribution is -0.134. The summed E-state index contributed by atoms with van der Waals surface area (Å²) in [5.74, 6) is -0.466. The average molecular weight is 617 g/mol. The van der Waals surface area contributed by atoms with Crippen molar-refractivity contribution in [3.05, 3.63) is 58.8 Å². The predicted octanol–water partition coefficient (Wildman–Crippen LogP) is 3.70. The monoisotopic (exact) mass is 616 g/mol. The molecule has 2 atom stereocenters. The second-order valence-corrected chi connectivity index (χ2v) is 13.8. The molecule has 2 unspecified atom stereocenters. The second-order valence-electron chi connectivity index (χ2n) is 12.3. The third kappa shape index (κ3) is 6.49. The number of benzene rings is 2. The fraction of sp³-hybridized carbons (Fsp3) is 0.515. The number of fused-ring (bicyclic) bond motifs is 1. The molecule has 44 heavy (non-hydrogen) atoms. The molecule has 2 saturated heterocycles. The number of rotatable bonds is 8. The second kappa shape index (κ2) is 13.3. The third-order valence-corrected chi connectivity index (χ3v) is 11.0. The van der Waals surface area contributed by atoms with Gasteiger partial charge in [-0.15, -0.1) is 0 Å². The normalized spacial score (nSPS) is 24.2. The van der Waals surface area contributed by atoms with Crippen LogP contribution in [0.25, 0.3) is 10.9 Å². The van der Waals surface area contributed by atoms with E-state index in [1.54, 1.807) is 12.1 Å². The molecule has 0 bridgehead atoms. The average Bonchev–Trinajstić information content (AvgIpc) is 3.36. The van der Waals surface area contributed by atoms with Crippen molar-refractivity contribution in [2.75, 3.05) is 19.7 Å². The molecule has 10 nitrogen and oxygen atoms in total. The molecule has 0 spiro atoms. The summed E-state index contributed by atoms with van der Waals surface area (Å²) in [7, 11) is 0.645. The van der Waals surface area contributed by atoms with E-state index in [-0.39, 0.29) is 24.0 Å². The predicted molar refractivity (Wildman–Crippen MR) is 167 cm³/mol. The Labute approximate surface area is 260 Å². The fourth-order valence-corrected chi connectivity index (χ4v) is 8.12. The topological polar surface area (TPSA) is 143 Å². The molecule has 11 heteroatoms. The highest BCUT2D eigenvalue weighted by Gasteiger charge is 2.32. The Morgan fingerprint density at radius 2 is 1.84 bits per heavy atom. The van der Waals surface area contributed by atoms with Gasteiger partial charge in [0.25, 0.3) is 0 Å². The molecule has 3 aromatic rings. The lowest BCUT2D eigenvalue weighted by Crippen LogP contribution is -2.40. The van der Waals surface area contributed by atoms with Crippen LogP contribution in [0.5, 0.6) is 0 Å². The Kier molecular flexibility index (Phi) is 9.23. The minimum Gasteiger partial charge on any atom is -0.378 e. The van der Waals surface area contributed by atoms with Gasteiger partial charge < -0.3 is 10.5 Å². The first-order valence-corrected chi connectivity index (χ1v) is 16.8. The third-order valence-electron chi connectivity index (χ3n) is 9.48. The van der Waals surface area contributed by atoms with Crippen LogP contribution in [0.3, 0.4) is 0 Å². The first-order chi connectivity index (χ1) is 21.3. The van der Waals surface area contributed by atoms with Crippen LogP contribution in [-0.2, 0) is 38.8 Å². The van der Waals surface area contributed by atoms with E-state index >= 15 is 0 Å². The van der Waals surface area contributed by atoms with Gasteiger partial charge in [-0.3, -0.25) is 19.6 Å². The number of nitrogens with one attached hydrogen (secondary N) is 1. The Bertz CT molecular complexity index is 1610. The van der Waals surface area contributed by atoms with Crippen LogP contribution in [0.2, 0.25) is 0 Å². The van der Waals surface area contributed by atoms with Gasteiger partial charge in [0.05, 0.1) is 46.4 Å². The van der Waals surface area contributed by atoms with Crippen LogP contribution < -0.4 is 11.1 Å². The Hall–Kier alpha value is -3.43. The molecule has 3 fully saturated rings. The highest BCUT2D eigenvalue weighted by atomic mass is 32.2. The van der Waals surface area contributed by atoms with Crippen molar-refractivity contribution in [2.24, 2.45) is 12.8 Å². The molecule has 2 amide bonds. The molecule has 1 saturated carbocycles. The summed E-state index contributed by atoms with van der Waals surface area (Å²) in [6.07, 6.45) is 7.24. The lowest BCUT2D eigenvalue weighted by atomic mass is 9.82. The first-order valence-electron chi connectivity index (χ1n) is 15.7. The summed E-state index contributed by atoms with van der Waals surface area (Å²) in [4.78, 5) is 24.8. The summed E-state index contributed by atoms with van der Waals surface area (Å²) in [5.41, 5.74) is 10.5. The number of carbonyl (C=O) groups excluding carboxylic acids is 2. The lowest BCUT2D eigenvalue weighted by Gasteiger charge is -2.29. The van der Waals surface area contributed by atoms with Crippen LogP contribution in [0.15, 0.2) is 41.3 Å². The summed E-state index contributed by atoms with van der Waals surface area (Å²) in [6.45, 7) is 1.95. The number of ether oxygens (including phenoxy) is 1. The van der Waals surface area contributed by atoms with E-state index in [1.165, 1.54) is 5.56 Å². The molecule has 3 heterocycles. The maximum atomic E-state index is 13.2. The van der Waals surface area contributed by atoms with E-state index in [1.807, 2.05) is 22.1 Å². The van der Waals surface area contributed by atoms with E-state index in [4.69, 9.17) is 10.5 Å². The fourth-order valence-electron chi connectivity index (χ4n) is 6.85. The number of amides is 2. The molecule has 232 valence electrons. The SMILES string of the molecule is Cn1nc(C2CCC(=O)NC2=O)c2ccc(C3CCC(OCCc4cc(S(=O)N5CCC(N)CC5)ccc4C#N)CC3)cc21. The summed E-state index contributed by atoms with van der Waals surface area (Å²) < 4.78 is 23.3. The van der Waals surface area contributed by atoms with Crippen molar-refractivity contribution in [1.82, 2.24) is 19.4 Å². The summed E-state index contributed by atoms with van der Waals surface area (Å²) in [6, 6.07) is 14.4. The first kappa shape index (κ1) is 30.6. The minimum atomic E-state index is -1.26. The Balaban J connectivity index is 1.03. The molecule has 3 N–H and O–H groups in total. The van der Waals surface area contributed by atoms with Crippen LogP contribution in [0.1, 0.15) is 85.6 Å². The number of nitrogens with zero attached hydrogens (tertiary/aromatic N) is 4. The number of carbonyl (C=O) groups is 2. The zero-order valence-electron chi connectivity index (χ0n) is 25.2. The highest BCUT2D eigenvalue weighted by molar-refractivity contribution is 7.82. The maximum Gasteiger partial charge on any atom is 0.235 e. The van der Waals surface area contributed by atoms with Gasteiger partial charge in [0.1, 0.15) is 11.0 Å². The van der Waals surface area contributed by atoms with Gasteiger partial charge >= 0.3 is 0 Å². The van der Waals surface area contributed by atoms with Crippen molar-refractivity contribution in [3.8, 4) is 6.07 Å². The van der Waals surface area contributed by atoms with Crippen molar-refractivity contribution in [2.45, 2.75) is 86.7 Å². The van der Waals surface area contributed by atoms with Gasteiger partial charge in [0, 0.05) is 38.0 Å². The molecule has 0 radical (unpaired) electrons. The smallest absolute Gasteiger partial charge is 0.235 e. The van der Waals surface area contributed by atoms with Gasteiger partial charge in [0.2, 0.25) is 11.8 Å². The number of imide groups is 1. The van der Waals surface area contributed by atoms with Crippen molar-refractivity contribution >= 4 is 33.7 Å². The van der Waals surface area contributed by atoms with Gasteiger partial charge in [0.15, 0.2) is 0 Å². The number of hydrogen-bond donors (Lipinski definition) is 2. The molecule has 6 rings (SSSR count). The van der Waals surface area contributed by atoms with E-state index in [0.29, 0.717) is 50.4 Å². The Morgan fingerprint density at radius 1 is 1.07 bits per heavy atom. The van der Waals surface area contributed by atoms with Gasteiger partial charge in [-0.1, -0.05) is 12.1 Å². The van der Waals surface area contributed by atoms with E-state index < -0.39 is 16.9 Å². The number of aryl methyl sites for hydroxylation is 1. The number of hydrogen-bond acceptors (Lipinski definition) is 7. The van der Waals surface area contributed by atoms with Crippen LogP contribution in [0, 0.1) is 11.3 Å². The summed E-state index contributed by atoms with van der Waals surface area (Å²) in [5, 5.41) is 17.8. The van der Waals surface area contributed by atoms with E-state index in [2.05, 4.69) is 34.7 Å². The van der Waals surface area contributed by atoms with Crippen LogP contribution >= 0.6 is 0 Å². The largest absolute Gasteiger partial charge is 0.378 e. The quantitative estimate of drug-likeness (QED) is 0.368. The zero-order chi connectivity index (χ0) is 30.8.